The molecule has 136 valence electrons. The molecule has 0 aliphatic rings. The Morgan fingerprint density at radius 3 is 2.19 bits per heavy atom. The number of nitro groups is 1. The monoisotopic (exact) mass is 358 g/mol. The van der Waals surface area contributed by atoms with Crippen molar-refractivity contribution in [3.8, 4) is 0 Å². The lowest BCUT2D eigenvalue weighted by molar-refractivity contribution is -0.384. The van der Waals surface area contributed by atoms with Gasteiger partial charge in [0.2, 0.25) is 5.78 Å². The second kappa shape index (κ2) is 7.30. The van der Waals surface area contributed by atoms with Gasteiger partial charge in [0, 0.05) is 23.4 Å². The van der Waals surface area contributed by atoms with Gasteiger partial charge in [0.05, 0.1) is 16.2 Å². The van der Waals surface area contributed by atoms with E-state index in [2.05, 4.69) is 4.98 Å². The molecule has 0 saturated heterocycles. The number of ether oxygens (including phenoxy) is 1. The third kappa shape index (κ3) is 3.69. The number of nitrogens with one attached hydrogen (secondary N) is 1. The number of benzene rings is 1. The lowest BCUT2D eigenvalue weighted by Gasteiger charge is -2.12. The Morgan fingerprint density at radius 1 is 1.15 bits per heavy atom. The van der Waals surface area contributed by atoms with E-state index in [1.165, 1.54) is 38.1 Å². The number of ketones is 2. The van der Waals surface area contributed by atoms with E-state index in [1.54, 1.807) is 13.8 Å². The number of hydrogen-bond acceptors (Lipinski definition) is 6. The highest BCUT2D eigenvalue weighted by Gasteiger charge is 2.26. The maximum atomic E-state index is 12.6. The number of esters is 1. The van der Waals surface area contributed by atoms with Crippen LogP contribution in [-0.4, -0.2) is 33.5 Å². The molecule has 2 aromatic rings. The second-order valence-electron chi connectivity index (χ2n) is 5.90. The summed E-state index contributed by atoms with van der Waals surface area (Å²) in [6, 6.07) is 4.88. The molecule has 1 aromatic carbocycles. The molecule has 0 unspecified atom stereocenters. The largest absolute Gasteiger partial charge is 0.451 e. The number of aromatic amines is 1. The number of aryl methyl sites for hydroxylation is 1. The number of carbonyl (C=O) groups excluding carboxylic acids is 3. The van der Waals surface area contributed by atoms with Crippen LogP contribution in [0.1, 0.15) is 56.3 Å². The fourth-order valence-corrected chi connectivity index (χ4v) is 2.73. The molecule has 1 heterocycles. The SMILES string of the molecule is CC(=O)c1c(C)[nH]c(C(=O)[C@H](C)OC(=O)c2ccc([N+](=O)[O-])cc2)c1C. The molecule has 0 aliphatic heterocycles. The van der Waals surface area contributed by atoms with Crippen LogP contribution in [0.3, 0.4) is 0 Å². The summed E-state index contributed by atoms with van der Waals surface area (Å²) in [4.78, 5) is 49.3. The maximum Gasteiger partial charge on any atom is 0.338 e. The first-order chi connectivity index (χ1) is 12.1. The number of carbonyl (C=O) groups is 3. The third-order valence-electron chi connectivity index (χ3n) is 4.00. The van der Waals surface area contributed by atoms with Gasteiger partial charge in [-0.25, -0.2) is 4.79 Å². The standard InChI is InChI=1S/C18H18N2O6/c1-9-15(11(3)21)10(2)19-16(9)17(22)12(4)26-18(23)13-5-7-14(8-6-13)20(24)25/h5-8,12,19H,1-4H3/t12-/m0/s1. The summed E-state index contributed by atoms with van der Waals surface area (Å²) in [5, 5.41) is 10.6. The molecule has 26 heavy (non-hydrogen) atoms. The average Bonchev–Trinajstić information content (AvgIpc) is 2.88. The van der Waals surface area contributed by atoms with Gasteiger partial charge in [-0.1, -0.05) is 0 Å². The van der Waals surface area contributed by atoms with Gasteiger partial charge in [0.15, 0.2) is 11.9 Å². The Hall–Kier alpha value is -3.29. The molecule has 1 aromatic heterocycles. The van der Waals surface area contributed by atoms with Crippen LogP contribution in [-0.2, 0) is 4.74 Å². The van der Waals surface area contributed by atoms with Crippen molar-refractivity contribution in [3.05, 3.63) is 62.5 Å². The highest BCUT2D eigenvalue weighted by atomic mass is 16.6. The molecule has 0 amide bonds. The van der Waals surface area contributed by atoms with Crippen LogP contribution < -0.4 is 0 Å². The van der Waals surface area contributed by atoms with Crippen LogP contribution in [0.15, 0.2) is 24.3 Å². The Bertz CT molecular complexity index is 895. The number of hydrogen-bond donors (Lipinski definition) is 1. The summed E-state index contributed by atoms with van der Waals surface area (Å²) in [6.45, 7) is 6.18. The number of aromatic nitrogens is 1. The lowest BCUT2D eigenvalue weighted by Crippen LogP contribution is -2.25. The molecule has 0 bridgehead atoms. The summed E-state index contributed by atoms with van der Waals surface area (Å²) in [7, 11) is 0. The van der Waals surface area contributed by atoms with Crippen LogP contribution in [0.5, 0.6) is 0 Å². The van der Waals surface area contributed by atoms with Gasteiger partial charge in [-0.3, -0.25) is 19.7 Å². The number of non-ortho nitro benzene ring substituents is 1. The molecule has 0 fully saturated rings. The zero-order valence-electron chi connectivity index (χ0n) is 14.8. The Balaban J connectivity index is 2.16. The topological polar surface area (TPSA) is 119 Å². The van der Waals surface area contributed by atoms with E-state index in [9.17, 15) is 24.5 Å². The first-order valence-electron chi connectivity index (χ1n) is 7.83. The van der Waals surface area contributed by atoms with E-state index >= 15 is 0 Å². The van der Waals surface area contributed by atoms with E-state index in [-0.39, 0.29) is 22.7 Å². The lowest BCUT2D eigenvalue weighted by atomic mass is 10.0. The summed E-state index contributed by atoms with van der Waals surface area (Å²) in [6.07, 6.45) is -1.09. The highest BCUT2D eigenvalue weighted by molar-refractivity contribution is 6.05. The molecule has 1 N–H and O–H groups in total. The molecule has 8 nitrogen and oxygen atoms in total. The number of rotatable bonds is 6. The van der Waals surface area contributed by atoms with Crippen molar-refractivity contribution in [2.45, 2.75) is 33.8 Å². The van der Waals surface area contributed by atoms with Crippen molar-refractivity contribution in [1.82, 2.24) is 4.98 Å². The van der Waals surface area contributed by atoms with Gasteiger partial charge in [-0.05, 0) is 45.4 Å². The smallest absolute Gasteiger partial charge is 0.338 e. The summed E-state index contributed by atoms with van der Waals surface area (Å²) in [5.41, 5.74) is 1.70. The first-order valence-corrected chi connectivity index (χ1v) is 7.83. The van der Waals surface area contributed by atoms with E-state index in [0.29, 0.717) is 16.8 Å². The minimum atomic E-state index is -1.09. The maximum absolute atomic E-state index is 12.6. The van der Waals surface area contributed by atoms with Gasteiger partial charge in [-0.2, -0.15) is 0 Å². The van der Waals surface area contributed by atoms with E-state index < -0.39 is 22.8 Å². The Kier molecular flexibility index (Phi) is 5.35. The number of Topliss-reactive ketones (excluding diaryl/α,β-unsaturated/α-hetero) is 2. The fraction of sp³-hybridized carbons (Fsp3) is 0.278. The van der Waals surface area contributed by atoms with Crippen LogP contribution in [0.2, 0.25) is 0 Å². The Labute approximate surface area is 149 Å². The molecule has 0 radical (unpaired) electrons. The van der Waals surface area contributed by atoms with Crippen molar-refractivity contribution >= 4 is 23.2 Å². The molecule has 0 saturated carbocycles. The van der Waals surface area contributed by atoms with E-state index in [0.717, 1.165) is 0 Å². The fourth-order valence-electron chi connectivity index (χ4n) is 2.73. The minimum absolute atomic E-state index is 0.0964. The predicted octanol–water partition coefficient (Wildman–Crippen LogP) is 3.17. The number of H-pyrrole nitrogens is 1. The average molecular weight is 358 g/mol. The van der Waals surface area contributed by atoms with Crippen molar-refractivity contribution in [2.24, 2.45) is 0 Å². The summed E-state index contributed by atoms with van der Waals surface area (Å²) >= 11 is 0. The molecule has 0 aliphatic carbocycles. The van der Waals surface area contributed by atoms with E-state index in [1.807, 2.05) is 0 Å². The van der Waals surface area contributed by atoms with Gasteiger partial charge in [-0.15, -0.1) is 0 Å². The minimum Gasteiger partial charge on any atom is -0.451 e. The molecular weight excluding hydrogens is 340 g/mol. The van der Waals surface area contributed by atoms with Crippen molar-refractivity contribution in [2.75, 3.05) is 0 Å². The number of nitrogens with zero attached hydrogens (tertiary/aromatic N) is 1. The van der Waals surface area contributed by atoms with E-state index in [4.69, 9.17) is 4.74 Å². The van der Waals surface area contributed by atoms with Crippen LogP contribution >= 0.6 is 0 Å². The van der Waals surface area contributed by atoms with Gasteiger partial charge in [0.1, 0.15) is 0 Å². The van der Waals surface area contributed by atoms with Crippen LogP contribution in [0, 0.1) is 24.0 Å². The molecule has 8 heteroatoms. The Morgan fingerprint density at radius 2 is 1.73 bits per heavy atom. The molecule has 1 atom stereocenters. The second-order valence-corrected chi connectivity index (χ2v) is 5.90. The third-order valence-corrected chi connectivity index (χ3v) is 4.00. The van der Waals surface area contributed by atoms with Gasteiger partial charge >= 0.3 is 5.97 Å². The highest BCUT2D eigenvalue weighted by Crippen LogP contribution is 2.21. The predicted molar refractivity (Wildman–Crippen MR) is 92.6 cm³/mol. The van der Waals surface area contributed by atoms with Crippen molar-refractivity contribution in [3.63, 3.8) is 0 Å². The molecule has 2 rings (SSSR count). The quantitative estimate of drug-likeness (QED) is 0.366. The molecule has 0 spiro atoms. The van der Waals surface area contributed by atoms with Crippen molar-refractivity contribution in [1.29, 1.82) is 0 Å². The van der Waals surface area contributed by atoms with Crippen LogP contribution in [0.25, 0.3) is 0 Å². The zero-order valence-corrected chi connectivity index (χ0v) is 14.8. The zero-order chi connectivity index (χ0) is 19.6. The first kappa shape index (κ1) is 19.0. The summed E-state index contributed by atoms with van der Waals surface area (Å²) < 4.78 is 5.15. The van der Waals surface area contributed by atoms with Gasteiger partial charge in [0.25, 0.3) is 5.69 Å². The van der Waals surface area contributed by atoms with Gasteiger partial charge < -0.3 is 9.72 Å². The normalized spacial score (nSPS) is 11.7. The van der Waals surface area contributed by atoms with Crippen molar-refractivity contribution < 1.29 is 24.0 Å². The molecular formula is C18H18N2O6. The number of nitro benzene ring substituents is 1. The van der Waals surface area contributed by atoms with Crippen LogP contribution in [0.4, 0.5) is 5.69 Å². The summed E-state index contributed by atoms with van der Waals surface area (Å²) in [5.74, 6) is -1.40.